The van der Waals surface area contributed by atoms with Crippen LogP contribution >= 0.6 is 11.3 Å². The third-order valence-corrected chi connectivity index (χ3v) is 8.60. The van der Waals surface area contributed by atoms with Gasteiger partial charge in [-0.2, -0.15) is 0 Å². The van der Waals surface area contributed by atoms with Crippen LogP contribution in [0.4, 0.5) is 0 Å². The van der Waals surface area contributed by atoms with Gasteiger partial charge in [-0.3, -0.25) is 4.79 Å². The molecule has 1 amide bonds. The highest BCUT2D eigenvalue weighted by atomic mass is 32.2. The van der Waals surface area contributed by atoms with E-state index in [4.69, 9.17) is 4.98 Å². The number of thiazole rings is 1. The molecule has 1 aliphatic heterocycles. The predicted octanol–water partition coefficient (Wildman–Crippen LogP) is 4.03. The van der Waals surface area contributed by atoms with Gasteiger partial charge in [0, 0.05) is 19.0 Å². The van der Waals surface area contributed by atoms with Crippen molar-refractivity contribution in [2.75, 3.05) is 6.54 Å². The van der Waals surface area contributed by atoms with Crippen molar-refractivity contribution in [3.8, 4) is 0 Å². The van der Waals surface area contributed by atoms with E-state index in [9.17, 15) is 13.2 Å². The standard InChI is InChI=1S/C23H25N3O3S2/c27-22(14-9-16-7-12-18(13-8-16)31(28,29)25-17-10-11-17)26-15-3-5-20(26)23-24-19-4-1-2-6-21(19)30-23/h1-2,4,6-8,12-13,17,20,25H,3,5,9-11,14-15H2. The molecule has 3 aromatic rings. The number of aromatic nitrogens is 1. The zero-order valence-electron chi connectivity index (χ0n) is 17.2. The van der Waals surface area contributed by atoms with Crippen LogP contribution in [0.25, 0.3) is 10.2 Å². The number of hydrogen-bond donors (Lipinski definition) is 1. The van der Waals surface area contributed by atoms with Crippen LogP contribution in [-0.4, -0.2) is 36.8 Å². The molecule has 1 N–H and O–H groups in total. The lowest BCUT2D eigenvalue weighted by Gasteiger charge is -2.23. The maximum absolute atomic E-state index is 13.0. The Kier molecular flexibility index (Phi) is 5.54. The van der Waals surface area contributed by atoms with Gasteiger partial charge in [0.2, 0.25) is 15.9 Å². The summed E-state index contributed by atoms with van der Waals surface area (Å²) < 4.78 is 28.4. The number of sulfonamides is 1. The SMILES string of the molecule is O=C(CCc1ccc(S(=O)(=O)NC2CC2)cc1)N1CCCC1c1nc2ccccc2s1. The molecule has 8 heteroatoms. The van der Waals surface area contributed by atoms with Crippen molar-refractivity contribution in [2.24, 2.45) is 0 Å². The van der Waals surface area contributed by atoms with Crippen LogP contribution in [0, 0.1) is 0 Å². The van der Waals surface area contributed by atoms with Crippen LogP contribution in [-0.2, 0) is 21.2 Å². The lowest BCUT2D eigenvalue weighted by atomic mass is 10.1. The molecule has 5 rings (SSSR count). The van der Waals surface area contributed by atoms with Crippen LogP contribution in [0.15, 0.2) is 53.4 Å². The molecule has 6 nitrogen and oxygen atoms in total. The van der Waals surface area contributed by atoms with E-state index in [1.54, 1.807) is 23.5 Å². The lowest BCUT2D eigenvalue weighted by molar-refractivity contribution is -0.132. The highest BCUT2D eigenvalue weighted by molar-refractivity contribution is 7.89. The highest BCUT2D eigenvalue weighted by Gasteiger charge is 2.32. The Morgan fingerprint density at radius 1 is 1.10 bits per heavy atom. The first-order chi connectivity index (χ1) is 15.0. The predicted molar refractivity (Wildman–Crippen MR) is 121 cm³/mol. The molecule has 31 heavy (non-hydrogen) atoms. The molecule has 1 saturated carbocycles. The maximum atomic E-state index is 13.0. The van der Waals surface area contributed by atoms with E-state index in [2.05, 4.69) is 10.8 Å². The average Bonchev–Trinajstić information content (AvgIpc) is 3.27. The number of carbonyl (C=O) groups is 1. The number of nitrogens with one attached hydrogen (secondary N) is 1. The second-order valence-electron chi connectivity index (χ2n) is 8.30. The quantitative estimate of drug-likeness (QED) is 0.583. The summed E-state index contributed by atoms with van der Waals surface area (Å²) in [5.74, 6) is 0.133. The van der Waals surface area contributed by atoms with Crippen molar-refractivity contribution >= 4 is 37.5 Å². The van der Waals surface area contributed by atoms with Gasteiger partial charge in [-0.25, -0.2) is 18.1 Å². The molecule has 2 aliphatic rings. The first kappa shape index (κ1) is 20.6. The van der Waals surface area contributed by atoms with Crippen molar-refractivity contribution < 1.29 is 13.2 Å². The van der Waals surface area contributed by atoms with Gasteiger partial charge in [0.25, 0.3) is 0 Å². The molecule has 0 radical (unpaired) electrons. The number of benzene rings is 2. The molecule has 2 fully saturated rings. The normalized spacial score (nSPS) is 19.2. The fourth-order valence-electron chi connectivity index (χ4n) is 4.07. The number of aryl methyl sites for hydroxylation is 1. The van der Waals surface area contributed by atoms with E-state index < -0.39 is 10.0 Å². The molecule has 162 valence electrons. The fourth-order valence-corrected chi connectivity index (χ4v) is 6.49. The maximum Gasteiger partial charge on any atom is 0.240 e. The third-order valence-electron chi connectivity index (χ3n) is 5.93. The molecule has 2 heterocycles. The van der Waals surface area contributed by atoms with Crippen LogP contribution in [0.5, 0.6) is 0 Å². The van der Waals surface area contributed by atoms with Gasteiger partial charge in [0.1, 0.15) is 5.01 Å². The van der Waals surface area contributed by atoms with E-state index >= 15 is 0 Å². The number of rotatable bonds is 7. The summed E-state index contributed by atoms with van der Waals surface area (Å²) in [6.07, 6.45) is 4.77. The minimum absolute atomic E-state index is 0.0610. The monoisotopic (exact) mass is 455 g/mol. The number of hydrogen-bond acceptors (Lipinski definition) is 5. The van der Waals surface area contributed by atoms with E-state index in [0.29, 0.717) is 12.8 Å². The Morgan fingerprint density at radius 3 is 2.61 bits per heavy atom. The number of para-hydroxylation sites is 1. The number of nitrogens with zero attached hydrogens (tertiary/aromatic N) is 2. The molecule has 1 saturated heterocycles. The van der Waals surface area contributed by atoms with Crippen LogP contribution < -0.4 is 4.72 Å². The van der Waals surface area contributed by atoms with Crippen molar-refractivity contribution in [3.63, 3.8) is 0 Å². The fraction of sp³-hybridized carbons (Fsp3) is 0.391. The summed E-state index contributed by atoms with van der Waals surface area (Å²) in [4.78, 5) is 20.0. The largest absolute Gasteiger partial charge is 0.333 e. The molecule has 0 spiro atoms. The molecular weight excluding hydrogens is 430 g/mol. The van der Waals surface area contributed by atoms with Crippen LogP contribution in [0.1, 0.15) is 48.7 Å². The van der Waals surface area contributed by atoms with Crippen molar-refractivity contribution in [1.82, 2.24) is 14.6 Å². The zero-order valence-corrected chi connectivity index (χ0v) is 18.8. The van der Waals surface area contributed by atoms with Gasteiger partial charge in [-0.05, 0) is 61.9 Å². The van der Waals surface area contributed by atoms with Gasteiger partial charge in [-0.1, -0.05) is 24.3 Å². The third kappa shape index (κ3) is 4.51. The van der Waals surface area contributed by atoms with Gasteiger partial charge < -0.3 is 4.90 Å². The topological polar surface area (TPSA) is 79.4 Å². The Balaban J connectivity index is 1.22. The average molecular weight is 456 g/mol. The van der Waals surface area contributed by atoms with E-state index in [0.717, 1.165) is 53.0 Å². The Labute approximate surface area is 186 Å². The first-order valence-electron chi connectivity index (χ1n) is 10.8. The summed E-state index contributed by atoms with van der Waals surface area (Å²) in [6.45, 7) is 0.767. The second kappa shape index (κ2) is 8.33. The smallest absolute Gasteiger partial charge is 0.240 e. The van der Waals surface area contributed by atoms with Gasteiger partial charge in [-0.15, -0.1) is 11.3 Å². The molecule has 0 bridgehead atoms. The van der Waals surface area contributed by atoms with Gasteiger partial charge in [0.05, 0.1) is 21.2 Å². The molecule has 1 aromatic heterocycles. The highest BCUT2D eigenvalue weighted by Crippen LogP contribution is 2.36. The van der Waals surface area contributed by atoms with Crippen molar-refractivity contribution in [1.29, 1.82) is 0 Å². The minimum Gasteiger partial charge on any atom is -0.333 e. The van der Waals surface area contributed by atoms with Crippen LogP contribution in [0.2, 0.25) is 0 Å². The molecule has 1 unspecified atom stereocenters. The number of fused-ring (bicyclic) bond motifs is 1. The Hall–Kier alpha value is -2.29. The van der Waals surface area contributed by atoms with Gasteiger partial charge in [0.15, 0.2) is 0 Å². The lowest BCUT2D eigenvalue weighted by Crippen LogP contribution is -2.30. The van der Waals surface area contributed by atoms with Crippen molar-refractivity contribution in [2.45, 2.75) is 55.5 Å². The Morgan fingerprint density at radius 2 is 1.87 bits per heavy atom. The second-order valence-corrected chi connectivity index (χ2v) is 11.1. The summed E-state index contributed by atoms with van der Waals surface area (Å²) in [7, 11) is -3.44. The minimum atomic E-state index is -3.44. The summed E-state index contributed by atoms with van der Waals surface area (Å²) >= 11 is 1.67. The Bertz CT molecular complexity index is 1170. The first-order valence-corrected chi connectivity index (χ1v) is 13.1. The molecular formula is C23H25N3O3S2. The van der Waals surface area contributed by atoms with E-state index in [-0.39, 0.29) is 22.9 Å². The van der Waals surface area contributed by atoms with E-state index in [1.807, 2.05) is 35.2 Å². The zero-order chi connectivity index (χ0) is 21.4. The van der Waals surface area contributed by atoms with Crippen LogP contribution in [0.3, 0.4) is 0 Å². The summed E-state index contributed by atoms with van der Waals surface area (Å²) in [5.41, 5.74) is 1.96. The van der Waals surface area contributed by atoms with E-state index in [1.165, 1.54) is 0 Å². The number of likely N-dealkylation sites (tertiary alicyclic amines) is 1. The summed E-state index contributed by atoms with van der Waals surface area (Å²) in [6, 6.07) is 15.1. The molecule has 2 aromatic carbocycles. The molecule has 1 aliphatic carbocycles. The van der Waals surface area contributed by atoms with Gasteiger partial charge >= 0.3 is 0 Å². The summed E-state index contributed by atoms with van der Waals surface area (Å²) in [5, 5.41) is 1.02. The number of carbonyl (C=O) groups excluding carboxylic acids is 1. The van der Waals surface area contributed by atoms with Crippen molar-refractivity contribution in [3.05, 3.63) is 59.1 Å². The number of amides is 1. The molecule has 1 atom stereocenters.